The minimum absolute atomic E-state index is 0.532. The topological polar surface area (TPSA) is 24.5 Å². The predicted molar refractivity (Wildman–Crippen MR) is 99.1 cm³/mol. The van der Waals surface area contributed by atoms with Gasteiger partial charge in [0, 0.05) is 19.1 Å². The van der Waals surface area contributed by atoms with Crippen molar-refractivity contribution in [2.24, 2.45) is 0 Å². The quantitative estimate of drug-likeness (QED) is 0.792. The van der Waals surface area contributed by atoms with E-state index in [9.17, 15) is 0 Å². The minimum atomic E-state index is 0.532. The Hall–Kier alpha value is -1.68. The molecule has 1 heterocycles. The van der Waals surface area contributed by atoms with E-state index in [1.807, 2.05) is 6.07 Å². The molecule has 1 unspecified atom stereocenters. The Morgan fingerprint density at radius 2 is 1.67 bits per heavy atom. The fourth-order valence-electron chi connectivity index (χ4n) is 3.27. The number of nitrogens with one attached hydrogen (secondary N) is 1. The summed E-state index contributed by atoms with van der Waals surface area (Å²) in [6, 6.07) is 21.7. The van der Waals surface area contributed by atoms with Gasteiger partial charge in [0.2, 0.25) is 0 Å². The van der Waals surface area contributed by atoms with E-state index in [0.29, 0.717) is 12.6 Å². The highest BCUT2D eigenvalue weighted by Gasteiger charge is 2.17. The van der Waals surface area contributed by atoms with E-state index in [4.69, 9.17) is 4.74 Å². The lowest BCUT2D eigenvalue weighted by atomic mass is 10.1. The van der Waals surface area contributed by atoms with Crippen LogP contribution < -0.4 is 5.32 Å². The van der Waals surface area contributed by atoms with Crippen LogP contribution in [0.25, 0.3) is 0 Å². The molecule has 24 heavy (non-hydrogen) atoms. The molecule has 0 aliphatic carbocycles. The Kier molecular flexibility index (Phi) is 6.84. The molecule has 0 spiro atoms. The molecule has 1 aliphatic heterocycles. The second kappa shape index (κ2) is 9.58. The lowest BCUT2D eigenvalue weighted by Gasteiger charge is -2.24. The smallest absolute Gasteiger partial charge is 0.0717 e. The summed E-state index contributed by atoms with van der Waals surface area (Å²) in [6.45, 7) is 5.89. The number of rotatable bonds is 7. The largest absolute Gasteiger partial charge is 0.375 e. The fraction of sp³-hybridized carbons (Fsp3) is 0.429. The second-order valence-electron chi connectivity index (χ2n) is 6.53. The van der Waals surface area contributed by atoms with Gasteiger partial charge in [-0.25, -0.2) is 0 Å². The molecule has 0 aromatic heterocycles. The first kappa shape index (κ1) is 17.2. The first-order chi connectivity index (χ1) is 11.9. The van der Waals surface area contributed by atoms with E-state index in [-0.39, 0.29) is 0 Å². The molecule has 0 amide bonds. The maximum Gasteiger partial charge on any atom is 0.0717 e. The van der Waals surface area contributed by atoms with Crippen molar-refractivity contribution in [2.45, 2.75) is 25.5 Å². The lowest BCUT2D eigenvalue weighted by molar-refractivity contribution is 0.0920. The number of benzene rings is 2. The Labute approximate surface area is 145 Å². The molecule has 3 heteroatoms. The van der Waals surface area contributed by atoms with E-state index in [2.05, 4.69) is 64.8 Å². The van der Waals surface area contributed by atoms with E-state index in [1.54, 1.807) is 0 Å². The van der Waals surface area contributed by atoms with E-state index >= 15 is 0 Å². The molecule has 3 nitrogen and oxygen atoms in total. The average molecular weight is 324 g/mol. The van der Waals surface area contributed by atoms with Crippen LogP contribution in [0.5, 0.6) is 0 Å². The molecule has 2 aromatic rings. The van der Waals surface area contributed by atoms with Gasteiger partial charge in [-0.3, -0.25) is 4.90 Å². The number of hydrogen-bond acceptors (Lipinski definition) is 3. The van der Waals surface area contributed by atoms with Gasteiger partial charge >= 0.3 is 0 Å². The van der Waals surface area contributed by atoms with Crippen LogP contribution in [0.2, 0.25) is 0 Å². The maximum absolute atomic E-state index is 5.85. The van der Waals surface area contributed by atoms with Gasteiger partial charge in [0.15, 0.2) is 0 Å². The zero-order chi connectivity index (χ0) is 16.5. The third kappa shape index (κ3) is 5.75. The molecule has 1 atom stereocenters. The highest BCUT2D eigenvalue weighted by atomic mass is 16.5. The Morgan fingerprint density at radius 1 is 0.958 bits per heavy atom. The van der Waals surface area contributed by atoms with Crippen LogP contribution in [0, 0.1) is 0 Å². The summed E-state index contributed by atoms with van der Waals surface area (Å²) in [5.41, 5.74) is 2.66. The Morgan fingerprint density at radius 3 is 2.42 bits per heavy atom. The normalized spacial score (nSPS) is 19.1. The molecular formula is C21H28N2O. The van der Waals surface area contributed by atoms with Gasteiger partial charge in [0.1, 0.15) is 0 Å². The van der Waals surface area contributed by atoms with Crippen LogP contribution in [0.15, 0.2) is 60.7 Å². The predicted octanol–water partition coefficient (Wildman–Crippen LogP) is 3.11. The molecule has 1 fully saturated rings. The highest BCUT2D eigenvalue weighted by molar-refractivity contribution is 5.16. The van der Waals surface area contributed by atoms with Gasteiger partial charge in [-0.1, -0.05) is 60.7 Å². The van der Waals surface area contributed by atoms with Gasteiger partial charge in [-0.05, 0) is 37.1 Å². The van der Waals surface area contributed by atoms with E-state index in [1.165, 1.54) is 17.5 Å². The second-order valence-corrected chi connectivity index (χ2v) is 6.53. The summed E-state index contributed by atoms with van der Waals surface area (Å²) < 4.78 is 5.85. The van der Waals surface area contributed by atoms with Crippen molar-refractivity contribution in [3.05, 3.63) is 71.8 Å². The lowest BCUT2D eigenvalue weighted by Crippen LogP contribution is -2.40. The number of nitrogens with zero attached hydrogens (tertiary/aromatic N) is 1. The standard InChI is InChI=1S/C21H28N2O/c1-3-8-19(9-4-1)16-21-17-23(13-7-12-22-21)14-15-24-18-20-10-5-2-6-11-20/h1-6,8-11,21-22H,7,12-18H2. The SMILES string of the molecule is c1ccc(COCCN2CCCNC(Cc3ccccc3)C2)cc1. The van der Waals surface area contributed by atoms with Crippen molar-refractivity contribution in [3.63, 3.8) is 0 Å². The minimum Gasteiger partial charge on any atom is -0.375 e. The van der Waals surface area contributed by atoms with Crippen molar-refractivity contribution in [1.82, 2.24) is 10.2 Å². The average Bonchev–Trinajstić information content (AvgIpc) is 2.86. The van der Waals surface area contributed by atoms with Crippen molar-refractivity contribution < 1.29 is 4.74 Å². The van der Waals surface area contributed by atoms with Gasteiger partial charge in [0.25, 0.3) is 0 Å². The molecule has 0 radical (unpaired) electrons. The maximum atomic E-state index is 5.85. The first-order valence-corrected chi connectivity index (χ1v) is 9.01. The third-order valence-electron chi connectivity index (χ3n) is 4.55. The molecule has 1 saturated heterocycles. The summed E-state index contributed by atoms with van der Waals surface area (Å²) in [5, 5.41) is 3.69. The monoisotopic (exact) mass is 324 g/mol. The van der Waals surface area contributed by atoms with Crippen molar-refractivity contribution in [1.29, 1.82) is 0 Å². The summed E-state index contributed by atoms with van der Waals surface area (Å²) in [6.07, 6.45) is 2.31. The van der Waals surface area contributed by atoms with Crippen LogP contribution in [-0.2, 0) is 17.8 Å². The third-order valence-corrected chi connectivity index (χ3v) is 4.55. The van der Waals surface area contributed by atoms with E-state index < -0.39 is 0 Å². The van der Waals surface area contributed by atoms with Crippen molar-refractivity contribution in [3.8, 4) is 0 Å². The van der Waals surface area contributed by atoms with Crippen LogP contribution in [-0.4, -0.2) is 43.7 Å². The Balaban J connectivity index is 1.41. The molecule has 0 bridgehead atoms. The zero-order valence-electron chi connectivity index (χ0n) is 14.4. The molecule has 128 valence electrons. The molecule has 1 N–H and O–H groups in total. The summed E-state index contributed by atoms with van der Waals surface area (Å²) in [7, 11) is 0. The van der Waals surface area contributed by atoms with Crippen molar-refractivity contribution in [2.75, 3.05) is 32.8 Å². The molecule has 2 aromatic carbocycles. The van der Waals surface area contributed by atoms with Crippen LogP contribution >= 0.6 is 0 Å². The summed E-state index contributed by atoms with van der Waals surface area (Å²) >= 11 is 0. The fourth-order valence-corrected chi connectivity index (χ4v) is 3.27. The zero-order valence-corrected chi connectivity index (χ0v) is 14.4. The molecular weight excluding hydrogens is 296 g/mol. The van der Waals surface area contributed by atoms with Gasteiger partial charge in [0.05, 0.1) is 13.2 Å². The summed E-state index contributed by atoms with van der Waals surface area (Å²) in [4.78, 5) is 2.54. The van der Waals surface area contributed by atoms with Crippen molar-refractivity contribution >= 4 is 0 Å². The van der Waals surface area contributed by atoms with Crippen LogP contribution in [0.4, 0.5) is 0 Å². The Bertz CT molecular complexity index is 573. The molecule has 1 aliphatic rings. The first-order valence-electron chi connectivity index (χ1n) is 9.01. The highest BCUT2D eigenvalue weighted by Crippen LogP contribution is 2.08. The number of hydrogen-bond donors (Lipinski definition) is 1. The summed E-state index contributed by atoms with van der Waals surface area (Å²) in [5.74, 6) is 0. The van der Waals surface area contributed by atoms with Gasteiger partial charge in [-0.15, -0.1) is 0 Å². The molecule has 3 rings (SSSR count). The number of ether oxygens (including phenoxy) is 1. The molecule has 0 saturated carbocycles. The van der Waals surface area contributed by atoms with Crippen LogP contribution in [0.1, 0.15) is 17.5 Å². The van der Waals surface area contributed by atoms with E-state index in [0.717, 1.165) is 39.2 Å². The van der Waals surface area contributed by atoms with Crippen LogP contribution in [0.3, 0.4) is 0 Å². The van der Waals surface area contributed by atoms with Gasteiger partial charge in [-0.2, -0.15) is 0 Å². The van der Waals surface area contributed by atoms with Gasteiger partial charge < -0.3 is 10.1 Å².